The summed E-state index contributed by atoms with van der Waals surface area (Å²) in [5.74, 6) is 1.25. The number of Topliss-reactive ketones (excluding diaryl/α,β-unsaturated/α-hetero) is 1. The van der Waals surface area contributed by atoms with E-state index < -0.39 is 0 Å². The minimum Gasteiger partial charge on any atom is -0.297 e. The lowest BCUT2D eigenvalue weighted by Crippen LogP contribution is -2.53. The van der Waals surface area contributed by atoms with Crippen molar-refractivity contribution in [2.24, 2.45) is 5.92 Å². The molecule has 1 aromatic carbocycles. The normalized spacial score (nSPS) is 26.0. The predicted octanol–water partition coefficient (Wildman–Crippen LogP) is 4.01. The molecule has 2 fully saturated rings. The second-order valence-electron chi connectivity index (χ2n) is 6.66. The summed E-state index contributed by atoms with van der Waals surface area (Å²) < 4.78 is 0. The van der Waals surface area contributed by atoms with Crippen LogP contribution in [0.4, 0.5) is 0 Å². The van der Waals surface area contributed by atoms with Gasteiger partial charge in [0.15, 0.2) is 5.78 Å². The molecule has 0 amide bonds. The minimum atomic E-state index is -0.190. The van der Waals surface area contributed by atoms with Crippen LogP contribution in [-0.2, 0) is 4.79 Å². The highest BCUT2D eigenvalue weighted by Gasteiger charge is 2.53. The van der Waals surface area contributed by atoms with Crippen molar-refractivity contribution in [1.29, 1.82) is 0 Å². The summed E-state index contributed by atoms with van der Waals surface area (Å²) >= 11 is 0. The number of nitrogens with zero attached hydrogens (tertiary/aromatic N) is 1. The fourth-order valence-electron chi connectivity index (χ4n) is 4.25. The van der Waals surface area contributed by atoms with Crippen LogP contribution in [-0.4, -0.2) is 29.3 Å². The zero-order valence-electron chi connectivity index (χ0n) is 13.3. The molecular formula is C19H27NO. The Morgan fingerprint density at radius 1 is 1.14 bits per heavy atom. The van der Waals surface area contributed by atoms with Crippen molar-refractivity contribution in [2.45, 2.75) is 57.4 Å². The van der Waals surface area contributed by atoms with Gasteiger partial charge in [-0.05, 0) is 56.7 Å². The van der Waals surface area contributed by atoms with Crippen LogP contribution in [0, 0.1) is 5.92 Å². The molecule has 114 valence electrons. The SMILES string of the molecule is CCC(CC)(C(=O)C1CC1c1ccccc1)N1CCCC1. The number of carbonyl (C=O) groups excluding carboxylic acids is 1. The monoisotopic (exact) mass is 285 g/mol. The van der Waals surface area contributed by atoms with E-state index in [-0.39, 0.29) is 11.5 Å². The molecule has 1 saturated heterocycles. The van der Waals surface area contributed by atoms with Crippen molar-refractivity contribution in [3.05, 3.63) is 35.9 Å². The Balaban J connectivity index is 1.77. The van der Waals surface area contributed by atoms with Gasteiger partial charge in [-0.25, -0.2) is 0 Å². The molecule has 2 unspecified atom stereocenters. The summed E-state index contributed by atoms with van der Waals surface area (Å²) in [6, 6.07) is 10.6. The van der Waals surface area contributed by atoms with E-state index in [1.54, 1.807) is 0 Å². The van der Waals surface area contributed by atoms with Crippen LogP contribution in [0.1, 0.15) is 57.4 Å². The Bertz CT molecular complexity index is 486. The largest absolute Gasteiger partial charge is 0.297 e. The standard InChI is InChI=1S/C19H27NO/c1-3-19(4-2,20-12-8-9-13-20)18(21)17-14-16(17)15-10-6-5-7-11-15/h5-7,10-11,16-17H,3-4,8-9,12-14H2,1-2H3. The lowest BCUT2D eigenvalue weighted by molar-refractivity contribution is -0.132. The second-order valence-corrected chi connectivity index (χ2v) is 6.66. The van der Waals surface area contributed by atoms with Gasteiger partial charge >= 0.3 is 0 Å². The first-order valence-electron chi connectivity index (χ1n) is 8.57. The van der Waals surface area contributed by atoms with E-state index in [0.29, 0.717) is 11.7 Å². The molecule has 3 rings (SSSR count). The highest BCUT2D eigenvalue weighted by Crippen LogP contribution is 2.51. The van der Waals surface area contributed by atoms with E-state index >= 15 is 0 Å². The first kappa shape index (κ1) is 14.8. The molecule has 2 heteroatoms. The molecule has 0 spiro atoms. The maximum atomic E-state index is 13.2. The van der Waals surface area contributed by atoms with Gasteiger partial charge in [-0.1, -0.05) is 44.2 Å². The molecule has 0 N–H and O–H groups in total. The number of hydrogen-bond donors (Lipinski definition) is 0. The van der Waals surface area contributed by atoms with Crippen molar-refractivity contribution in [3.8, 4) is 0 Å². The summed E-state index contributed by atoms with van der Waals surface area (Å²) in [6.45, 7) is 6.60. The summed E-state index contributed by atoms with van der Waals surface area (Å²) in [5.41, 5.74) is 1.16. The van der Waals surface area contributed by atoms with Crippen molar-refractivity contribution in [1.82, 2.24) is 4.90 Å². The van der Waals surface area contributed by atoms with Crippen LogP contribution in [0.5, 0.6) is 0 Å². The highest BCUT2D eigenvalue weighted by molar-refractivity contribution is 5.93. The molecular weight excluding hydrogens is 258 g/mol. The minimum absolute atomic E-state index is 0.190. The van der Waals surface area contributed by atoms with Gasteiger partial charge < -0.3 is 0 Å². The zero-order valence-corrected chi connectivity index (χ0v) is 13.3. The van der Waals surface area contributed by atoms with Gasteiger partial charge in [0.2, 0.25) is 0 Å². The Kier molecular flexibility index (Phi) is 4.17. The second kappa shape index (κ2) is 5.92. The number of likely N-dealkylation sites (tertiary alicyclic amines) is 1. The van der Waals surface area contributed by atoms with Crippen molar-refractivity contribution in [2.75, 3.05) is 13.1 Å². The van der Waals surface area contributed by atoms with Crippen LogP contribution in [0.3, 0.4) is 0 Å². The van der Waals surface area contributed by atoms with Crippen LogP contribution in [0.25, 0.3) is 0 Å². The van der Waals surface area contributed by atoms with Crippen molar-refractivity contribution in [3.63, 3.8) is 0 Å². The maximum absolute atomic E-state index is 13.2. The predicted molar refractivity (Wildman–Crippen MR) is 86.4 cm³/mol. The molecule has 21 heavy (non-hydrogen) atoms. The Morgan fingerprint density at radius 2 is 1.76 bits per heavy atom. The summed E-state index contributed by atoms with van der Waals surface area (Å²) in [7, 11) is 0. The summed E-state index contributed by atoms with van der Waals surface area (Å²) in [4.78, 5) is 15.7. The molecule has 2 nitrogen and oxygen atoms in total. The van der Waals surface area contributed by atoms with E-state index in [0.717, 1.165) is 32.4 Å². The average Bonchev–Trinajstić information content (AvgIpc) is 3.16. The van der Waals surface area contributed by atoms with Crippen molar-refractivity contribution >= 4 is 5.78 Å². The number of carbonyl (C=O) groups is 1. The van der Waals surface area contributed by atoms with Gasteiger partial charge in [-0.3, -0.25) is 9.69 Å². The van der Waals surface area contributed by atoms with Gasteiger partial charge in [0.1, 0.15) is 0 Å². The third-order valence-electron chi connectivity index (χ3n) is 5.69. The van der Waals surface area contributed by atoms with Gasteiger partial charge in [0.25, 0.3) is 0 Å². The molecule has 1 aliphatic carbocycles. The fourth-order valence-corrected chi connectivity index (χ4v) is 4.25. The Morgan fingerprint density at radius 3 is 2.33 bits per heavy atom. The van der Waals surface area contributed by atoms with Gasteiger partial charge in [-0.15, -0.1) is 0 Å². The Hall–Kier alpha value is -1.15. The number of ketones is 1. The molecule has 2 atom stereocenters. The topological polar surface area (TPSA) is 20.3 Å². The van der Waals surface area contributed by atoms with E-state index in [1.807, 2.05) is 0 Å². The first-order valence-corrected chi connectivity index (χ1v) is 8.57. The third-order valence-corrected chi connectivity index (χ3v) is 5.69. The van der Waals surface area contributed by atoms with E-state index in [4.69, 9.17) is 0 Å². The third kappa shape index (κ3) is 2.55. The van der Waals surface area contributed by atoms with Gasteiger partial charge in [0, 0.05) is 5.92 Å². The maximum Gasteiger partial charge on any atom is 0.156 e. The molecule has 1 aromatic rings. The summed E-state index contributed by atoms with van der Waals surface area (Å²) in [5, 5.41) is 0. The lowest BCUT2D eigenvalue weighted by Gasteiger charge is -2.39. The molecule has 0 bridgehead atoms. The zero-order chi connectivity index (χ0) is 14.9. The quantitative estimate of drug-likeness (QED) is 0.787. The first-order chi connectivity index (χ1) is 10.2. The molecule has 0 aromatic heterocycles. The van der Waals surface area contributed by atoms with Gasteiger partial charge in [-0.2, -0.15) is 0 Å². The molecule has 2 aliphatic rings. The van der Waals surface area contributed by atoms with Crippen LogP contribution >= 0.6 is 0 Å². The number of hydrogen-bond acceptors (Lipinski definition) is 2. The molecule has 1 aliphatic heterocycles. The van der Waals surface area contributed by atoms with E-state index in [1.165, 1.54) is 18.4 Å². The summed E-state index contributed by atoms with van der Waals surface area (Å²) in [6.07, 6.45) is 5.47. The van der Waals surface area contributed by atoms with Gasteiger partial charge in [0.05, 0.1) is 5.54 Å². The van der Waals surface area contributed by atoms with Crippen molar-refractivity contribution < 1.29 is 4.79 Å². The van der Waals surface area contributed by atoms with E-state index in [9.17, 15) is 4.79 Å². The Labute approximate surface area is 128 Å². The lowest BCUT2D eigenvalue weighted by atomic mass is 9.83. The number of rotatable bonds is 6. The molecule has 0 radical (unpaired) electrons. The fraction of sp³-hybridized carbons (Fsp3) is 0.632. The average molecular weight is 285 g/mol. The molecule has 1 saturated carbocycles. The van der Waals surface area contributed by atoms with Crippen LogP contribution < -0.4 is 0 Å². The highest BCUT2D eigenvalue weighted by atomic mass is 16.1. The van der Waals surface area contributed by atoms with Crippen LogP contribution in [0.15, 0.2) is 30.3 Å². The molecule has 1 heterocycles. The van der Waals surface area contributed by atoms with E-state index in [2.05, 4.69) is 49.1 Å². The smallest absolute Gasteiger partial charge is 0.156 e. The van der Waals surface area contributed by atoms with Crippen LogP contribution in [0.2, 0.25) is 0 Å². The number of benzene rings is 1.